The average molecular weight is 564 g/mol. The van der Waals surface area contributed by atoms with Crippen LogP contribution in [0.25, 0.3) is 0 Å². The fourth-order valence-corrected chi connectivity index (χ4v) is 1.78. The molecule has 16 N–H and O–H groups in total. The number of hydrogen-bond acceptors (Lipinski definition) is 18. The van der Waals surface area contributed by atoms with Gasteiger partial charge in [0.2, 0.25) is 0 Å². The van der Waals surface area contributed by atoms with Crippen LogP contribution in [0.15, 0.2) is 0 Å². The molecule has 0 saturated heterocycles. The molecule has 0 aromatic carbocycles. The first-order chi connectivity index (χ1) is 14.7. The standard InChI is InChI=1S/2C5H12O4.2H4O5P2/c2*6-1-5(2-7,3-8)4-9;2*1-6(2)5-7(3)4/h2*6-9H,1-4H2;2*1-4H. The average Bonchev–Trinajstić information content (AvgIpc) is 2.72. The highest BCUT2D eigenvalue weighted by molar-refractivity contribution is 7.53. The van der Waals surface area contributed by atoms with Gasteiger partial charge in [-0.05, 0) is 0 Å². The van der Waals surface area contributed by atoms with E-state index in [0.717, 1.165) is 0 Å². The van der Waals surface area contributed by atoms with E-state index < -0.39 is 98.1 Å². The van der Waals surface area contributed by atoms with Crippen LogP contribution < -0.4 is 0 Å². The van der Waals surface area contributed by atoms with Gasteiger partial charge in [-0.1, -0.05) is 0 Å². The number of aliphatic hydroxyl groups is 8. The molecular formula is C10H32O18P4. The molecule has 0 fully saturated rings. The fourth-order valence-electron chi connectivity index (χ4n) is 0.731. The molecule has 32 heavy (non-hydrogen) atoms. The first-order valence-electron chi connectivity index (χ1n) is 7.69. The van der Waals surface area contributed by atoms with Crippen molar-refractivity contribution in [3.05, 3.63) is 0 Å². The van der Waals surface area contributed by atoms with Gasteiger partial charge in [-0.25, -0.2) is 8.62 Å². The van der Waals surface area contributed by atoms with E-state index in [-0.39, 0.29) is 0 Å². The van der Waals surface area contributed by atoms with Gasteiger partial charge in [-0.3, -0.25) is 0 Å². The highest BCUT2D eigenvalue weighted by Crippen LogP contribution is 2.42. The molecule has 0 aromatic heterocycles. The summed E-state index contributed by atoms with van der Waals surface area (Å²) in [6.07, 6.45) is 0. The molecule has 0 aliphatic carbocycles. The van der Waals surface area contributed by atoms with Gasteiger partial charge in [-0.15, -0.1) is 0 Å². The van der Waals surface area contributed by atoms with Gasteiger partial charge >= 0.3 is 34.4 Å². The molecule has 22 heteroatoms. The predicted octanol–water partition coefficient (Wildman–Crippen LogP) is -5.26. The molecule has 0 heterocycles. The number of rotatable bonds is 12. The molecule has 18 nitrogen and oxygen atoms in total. The summed E-state index contributed by atoms with van der Waals surface area (Å²) in [6.45, 7) is -3.25. The largest absolute Gasteiger partial charge is 0.396 e. The Bertz CT molecular complexity index is 289. The van der Waals surface area contributed by atoms with Crippen LogP contribution in [0.4, 0.5) is 0 Å². The van der Waals surface area contributed by atoms with Crippen LogP contribution in [-0.2, 0) is 8.62 Å². The highest BCUT2D eigenvalue weighted by Gasteiger charge is 2.27. The Morgan fingerprint density at radius 2 is 0.469 bits per heavy atom. The molecule has 0 radical (unpaired) electrons. The number of hydrogen-bond donors (Lipinski definition) is 16. The van der Waals surface area contributed by atoms with E-state index in [9.17, 15) is 0 Å². The molecule has 0 atom stereocenters. The molecule has 0 amide bonds. The lowest BCUT2D eigenvalue weighted by atomic mass is 9.93. The molecule has 0 bridgehead atoms. The van der Waals surface area contributed by atoms with Crippen molar-refractivity contribution in [2.75, 3.05) is 52.9 Å². The monoisotopic (exact) mass is 564 g/mol. The first-order valence-corrected chi connectivity index (χ1v) is 12.3. The molecular weight excluding hydrogens is 532 g/mol. The summed E-state index contributed by atoms with van der Waals surface area (Å²) in [7, 11) is -10.4. The van der Waals surface area contributed by atoms with Crippen molar-refractivity contribution in [3.8, 4) is 0 Å². The van der Waals surface area contributed by atoms with Crippen molar-refractivity contribution < 1.29 is 88.6 Å². The Hall–Kier alpha value is 1.000. The van der Waals surface area contributed by atoms with Crippen LogP contribution in [0.1, 0.15) is 0 Å². The molecule has 0 spiro atoms. The lowest BCUT2D eigenvalue weighted by molar-refractivity contribution is -0.0332. The van der Waals surface area contributed by atoms with Crippen molar-refractivity contribution in [3.63, 3.8) is 0 Å². The first kappa shape index (κ1) is 40.2. The van der Waals surface area contributed by atoms with Gasteiger partial charge in [0.25, 0.3) is 0 Å². The van der Waals surface area contributed by atoms with E-state index in [1.54, 1.807) is 0 Å². The van der Waals surface area contributed by atoms with E-state index in [4.69, 9.17) is 80.0 Å². The molecule has 0 aliphatic rings. The van der Waals surface area contributed by atoms with Crippen LogP contribution >= 0.6 is 34.4 Å². The maximum Gasteiger partial charge on any atom is 0.334 e. The lowest BCUT2D eigenvalue weighted by Crippen LogP contribution is -2.37. The minimum Gasteiger partial charge on any atom is -0.396 e. The van der Waals surface area contributed by atoms with Crippen LogP contribution in [-0.4, -0.2) is 133 Å². The van der Waals surface area contributed by atoms with E-state index in [1.807, 2.05) is 0 Å². The molecule has 0 aliphatic heterocycles. The van der Waals surface area contributed by atoms with Crippen molar-refractivity contribution >= 4 is 34.4 Å². The van der Waals surface area contributed by atoms with Gasteiger partial charge < -0.3 is 80.0 Å². The summed E-state index contributed by atoms with van der Waals surface area (Å²) in [5, 5.41) is 68.0. The summed E-state index contributed by atoms with van der Waals surface area (Å²) in [6, 6.07) is 0. The minimum absolute atomic E-state index is 0.406. The Kier molecular flexibility index (Phi) is 31.5. The van der Waals surface area contributed by atoms with Crippen LogP contribution in [0, 0.1) is 10.8 Å². The van der Waals surface area contributed by atoms with E-state index >= 15 is 0 Å². The molecule has 0 rings (SSSR count). The quantitative estimate of drug-likeness (QED) is 0.0984. The lowest BCUT2D eigenvalue weighted by Gasteiger charge is -2.23. The second-order valence-electron chi connectivity index (χ2n) is 5.44. The summed E-state index contributed by atoms with van der Waals surface area (Å²) in [5.41, 5.74) is -2.22. The predicted molar refractivity (Wildman–Crippen MR) is 109 cm³/mol. The zero-order chi connectivity index (χ0) is 26.4. The Morgan fingerprint density at radius 3 is 0.469 bits per heavy atom. The topological polar surface area (TPSA) is 342 Å². The van der Waals surface area contributed by atoms with Crippen LogP contribution in [0.2, 0.25) is 0 Å². The molecule has 0 aromatic rings. The van der Waals surface area contributed by atoms with E-state index in [1.165, 1.54) is 0 Å². The van der Waals surface area contributed by atoms with Gasteiger partial charge in [-0.2, -0.15) is 0 Å². The highest BCUT2D eigenvalue weighted by atomic mass is 31.2. The van der Waals surface area contributed by atoms with Crippen molar-refractivity contribution in [1.29, 1.82) is 0 Å². The maximum atomic E-state index is 8.50. The van der Waals surface area contributed by atoms with Crippen molar-refractivity contribution in [2.45, 2.75) is 0 Å². The molecule has 200 valence electrons. The smallest absolute Gasteiger partial charge is 0.334 e. The summed E-state index contributed by atoms with van der Waals surface area (Å²) < 4.78 is 7.20. The summed E-state index contributed by atoms with van der Waals surface area (Å²) >= 11 is 0. The SMILES string of the molecule is OCC(CO)(CO)CO.OCC(CO)(CO)CO.OP(O)OP(O)O.OP(O)OP(O)O. The Balaban J connectivity index is -0.000000165. The maximum absolute atomic E-state index is 8.50. The normalized spacial score (nSPS) is 11.6. The van der Waals surface area contributed by atoms with E-state index in [0.29, 0.717) is 0 Å². The summed E-state index contributed by atoms with van der Waals surface area (Å²) in [4.78, 5) is 62.5. The third kappa shape index (κ3) is 25.6. The second-order valence-corrected chi connectivity index (χ2v) is 8.77. The Labute approximate surface area is 187 Å². The van der Waals surface area contributed by atoms with Gasteiger partial charge in [0.05, 0.1) is 63.7 Å². The molecule has 0 unspecified atom stereocenters. The zero-order valence-corrected chi connectivity index (χ0v) is 20.0. The second kappa shape index (κ2) is 25.1. The molecule has 0 saturated carbocycles. The summed E-state index contributed by atoms with van der Waals surface area (Å²) in [5.74, 6) is 0. The van der Waals surface area contributed by atoms with Crippen molar-refractivity contribution in [2.24, 2.45) is 10.8 Å². The van der Waals surface area contributed by atoms with Crippen LogP contribution in [0.3, 0.4) is 0 Å². The van der Waals surface area contributed by atoms with E-state index in [2.05, 4.69) is 8.62 Å². The van der Waals surface area contributed by atoms with Gasteiger partial charge in [0, 0.05) is 0 Å². The third-order valence-electron chi connectivity index (χ3n) is 2.98. The third-order valence-corrected chi connectivity index (χ3v) is 5.31. The zero-order valence-electron chi connectivity index (χ0n) is 16.4. The van der Waals surface area contributed by atoms with Crippen LogP contribution in [0.5, 0.6) is 0 Å². The fraction of sp³-hybridized carbons (Fsp3) is 1.00. The van der Waals surface area contributed by atoms with Crippen molar-refractivity contribution in [1.82, 2.24) is 0 Å². The number of aliphatic hydroxyl groups excluding tert-OH is 8. The van der Waals surface area contributed by atoms with Gasteiger partial charge in [0.1, 0.15) is 0 Å². The minimum atomic E-state index is -2.61. The van der Waals surface area contributed by atoms with Gasteiger partial charge in [0.15, 0.2) is 0 Å². The Morgan fingerprint density at radius 1 is 0.344 bits per heavy atom.